The summed E-state index contributed by atoms with van der Waals surface area (Å²) in [5.41, 5.74) is 0. The number of Topliss-reactive ketones (excluding diaryl/α,β-unsaturated/α-hetero) is 1. The van der Waals surface area contributed by atoms with Crippen LogP contribution in [0.25, 0.3) is 0 Å². The molecule has 0 aromatic heterocycles. The smallest absolute Gasteiger partial charge is 0.462 e. The van der Waals surface area contributed by atoms with Crippen LogP contribution in [0, 0.1) is 0 Å². The van der Waals surface area contributed by atoms with Crippen molar-refractivity contribution in [2.75, 3.05) is 47.5 Å². The van der Waals surface area contributed by atoms with Gasteiger partial charge in [-0.05, 0) is 12.8 Å². The Labute approximate surface area is 265 Å². The first-order valence-corrected chi connectivity index (χ1v) is 18.1. The maximum atomic E-state index is 12.4. The number of quaternary nitrogens is 1. The van der Waals surface area contributed by atoms with E-state index in [-0.39, 0.29) is 57.5 Å². The van der Waals surface area contributed by atoms with Crippen LogP contribution in [0.3, 0.4) is 0 Å². The lowest BCUT2D eigenvalue weighted by Crippen LogP contribution is -2.37. The average Bonchev–Trinajstić information content (AvgIpc) is 2.95. The Kier molecular flexibility index (Phi) is 25.6. The zero-order chi connectivity index (χ0) is 33.1. The quantitative estimate of drug-likeness (QED) is 0.0291. The summed E-state index contributed by atoms with van der Waals surface area (Å²) in [5.74, 6) is -1.23. The second-order valence-electron chi connectivity index (χ2n) is 12.5. The number of unbranched alkanes of at least 4 members (excludes halogenated alkanes) is 12. The first kappa shape index (κ1) is 42.3. The normalized spacial score (nSPS) is 13.7. The highest BCUT2D eigenvalue weighted by Gasteiger charge is 2.27. The van der Waals surface area contributed by atoms with Gasteiger partial charge in [0.2, 0.25) is 0 Å². The van der Waals surface area contributed by atoms with E-state index in [1.807, 2.05) is 21.1 Å². The molecule has 11 nitrogen and oxygen atoms in total. The first-order valence-electron chi connectivity index (χ1n) is 16.6. The van der Waals surface area contributed by atoms with E-state index in [4.69, 9.17) is 18.5 Å². The van der Waals surface area contributed by atoms with E-state index in [0.717, 1.165) is 19.3 Å². The monoisotopic (exact) mass is 650 g/mol. The molecule has 12 heteroatoms. The Morgan fingerprint density at radius 1 is 0.727 bits per heavy atom. The van der Waals surface area contributed by atoms with Gasteiger partial charge < -0.3 is 23.6 Å². The first-order chi connectivity index (χ1) is 20.9. The fraction of sp³-hybridized carbons (Fsp3) is 0.875. The third-order valence-corrected chi connectivity index (χ3v) is 8.01. The maximum Gasteiger partial charge on any atom is 0.472 e. The molecule has 1 unspecified atom stereocenters. The lowest BCUT2D eigenvalue weighted by atomic mass is 10.0. The summed E-state index contributed by atoms with van der Waals surface area (Å²) in [5, 5.41) is 0. The van der Waals surface area contributed by atoms with E-state index in [9.17, 15) is 28.6 Å². The van der Waals surface area contributed by atoms with E-state index < -0.39 is 32.5 Å². The number of ether oxygens (including phenoxy) is 2. The molecule has 0 rings (SSSR count). The topological polar surface area (TPSA) is 142 Å². The number of likely N-dealkylation sites (N-methyl/N-ethyl adjacent to an activating group) is 1. The molecule has 0 bridgehead atoms. The molecule has 2 atom stereocenters. The van der Waals surface area contributed by atoms with E-state index in [1.165, 1.54) is 57.8 Å². The number of phosphoric acid groups is 1. The maximum absolute atomic E-state index is 12.4. The van der Waals surface area contributed by atoms with Crippen molar-refractivity contribution in [3.63, 3.8) is 0 Å². The Morgan fingerprint density at radius 3 is 1.82 bits per heavy atom. The van der Waals surface area contributed by atoms with E-state index >= 15 is 0 Å². The third kappa shape index (κ3) is 29.1. The van der Waals surface area contributed by atoms with Gasteiger partial charge in [0.1, 0.15) is 31.8 Å². The van der Waals surface area contributed by atoms with Crippen LogP contribution < -0.4 is 0 Å². The molecule has 0 aliphatic carbocycles. The Bertz CT molecular complexity index is 830. The summed E-state index contributed by atoms with van der Waals surface area (Å²) in [6, 6.07) is 0. The predicted octanol–water partition coefficient (Wildman–Crippen LogP) is 6.48. The largest absolute Gasteiger partial charge is 0.472 e. The number of esters is 2. The molecule has 0 aliphatic rings. The molecule has 0 saturated carbocycles. The van der Waals surface area contributed by atoms with Crippen molar-refractivity contribution < 1.29 is 51.6 Å². The molecule has 0 aliphatic heterocycles. The molecular formula is C32H61NO10P+. The van der Waals surface area contributed by atoms with Crippen molar-refractivity contribution in [3.8, 4) is 0 Å². The van der Waals surface area contributed by atoms with Gasteiger partial charge in [-0.15, -0.1) is 0 Å². The molecule has 0 radical (unpaired) electrons. The van der Waals surface area contributed by atoms with Crippen LogP contribution in [0.1, 0.15) is 129 Å². The van der Waals surface area contributed by atoms with Gasteiger partial charge in [0.15, 0.2) is 6.10 Å². The summed E-state index contributed by atoms with van der Waals surface area (Å²) < 4.78 is 33.5. The molecular weight excluding hydrogens is 589 g/mol. The van der Waals surface area contributed by atoms with E-state index in [2.05, 4.69) is 6.92 Å². The number of aldehydes is 1. The zero-order valence-electron chi connectivity index (χ0n) is 27.9. The second kappa shape index (κ2) is 26.6. The van der Waals surface area contributed by atoms with Gasteiger partial charge in [0.05, 0.1) is 27.7 Å². The highest BCUT2D eigenvalue weighted by Crippen LogP contribution is 2.43. The fourth-order valence-corrected chi connectivity index (χ4v) is 5.07. The lowest BCUT2D eigenvalue weighted by Gasteiger charge is -2.24. The molecule has 0 saturated heterocycles. The second-order valence-corrected chi connectivity index (χ2v) is 14.0. The molecule has 0 heterocycles. The molecule has 0 aromatic rings. The Hall–Kier alpha value is -1.65. The van der Waals surface area contributed by atoms with E-state index in [0.29, 0.717) is 23.7 Å². The van der Waals surface area contributed by atoms with Crippen molar-refractivity contribution in [1.82, 2.24) is 0 Å². The van der Waals surface area contributed by atoms with Crippen LogP contribution in [-0.4, -0.2) is 87.0 Å². The van der Waals surface area contributed by atoms with Crippen molar-refractivity contribution in [2.24, 2.45) is 0 Å². The molecule has 1 N–H and O–H groups in total. The highest BCUT2D eigenvalue weighted by molar-refractivity contribution is 7.47. The summed E-state index contributed by atoms with van der Waals surface area (Å²) in [6.07, 6.45) is 15.9. The van der Waals surface area contributed by atoms with Crippen LogP contribution in [0.4, 0.5) is 0 Å². The number of ketones is 1. The molecule has 44 heavy (non-hydrogen) atoms. The summed E-state index contributed by atoms with van der Waals surface area (Å²) in [4.78, 5) is 56.8. The number of rotatable bonds is 31. The summed E-state index contributed by atoms with van der Waals surface area (Å²) in [7, 11) is 1.29. The minimum absolute atomic E-state index is 0.0199. The number of hydrogen-bond donors (Lipinski definition) is 1. The number of phosphoric ester groups is 1. The predicted molar refractivity (Wildman–Crippen MR) is 170 cm³/mol. The number of hydrogen-bond acceptors (Lipinski definition) is 9. The van der Waals surface area contributed by atoms with Crippen LogP contribution >= 0.6 is 7.82 Å². The standard InChI is InChI=1S/C32H60NO10P/c1-5-6-7-8-9-10-11-12-13-14-15-16-17-22-31(36)40-27-30(28-42-44(38,39)41-26-24-33(2,3)4)43-32(37)23-18-20-29(35)21-19-25-34/h25,30H,5-24,26-28H2,1-4H3/p+1/t30-/m1/s1. The van der Waals surface area contributed by atoms with Gasteiger partial charge >= 0.3 is 19.8 Å². The SMILES string of the molecule is CCCCCCCCCCCCCCCC(=O)OC[C@H](COP(=O)(O)OCC[N+](C)(C)C)OC(=O)CCCC(=O)CCC=O. The van der Waals surface area contributed by atoms with Crippen molar-refractivity contribution >= 4 is 31.8 Å². The summed E-state index contributed by atoms with van der Waals surface area (Å²) in [6.45, 7) is 1.84. The van der Waals surface area contributed by atoms with Gasteiger partial charge in [-0.25, -0.2) is 4.57 Å². The lowest BCUT2D eigenvalue weighted by molar-refractivity contribution is -0.870. The third-order valence-electron chi connectivity index (χ3n) is 7.03. The number of carbonyl (C=O) groups excluding carboxylic acids is 4. The Balaban J connectivity index is 4.46. The molecule has 258 valence electrons. The number of carbonyl (C=O) groups is 4. The van der Waals surface area contributed by atoms with Crippen molar-refractivity contribution in [2.45, 2.75) is 135 Å². The minimum Gasteiger partial charge on any atom is -0.462 e. The van der Waals surface area contributed by atoms with Crippen LogP contribution in [-0.2, 0) is 42.3 Å². The molecule has 0 fully saturated rings. The van der Waals surface area contributed by atoms with E-state index in [1.54, 1.807) is 0 Å². The van der Waals surface area contributed by atoms with Crippen LogP contribution in [0.5, 0.6) is 0 Å². The van der Waals surface area contributed by atoms with Gasteiger partial charge in [0.25, 0.3) is 0 Å². The fourth-order valence-electron chi connectivity index (χ4n) is 4.33. The molecule has 0 spiro atoms. The number of nitrogens with zero attached hydrogens (tertiary/aromatic N) is 1. The average molecular weight is 651 g/mol. The van der Waals surface area contributed by atoms with Gasteiger partial charge in [-0.1, -0.05) is 84.0 Å². The minimum atomic E-state index is -4.43. The van der Waals surface area contributed by atoms with Gasteiger partial charge in [-0.2, -0.15) is 0 Å². The van der Waals surface area contributed by atoms with Gasteiger partial charge in [0, 0.05) is 32.1 Å². The Morgan fingerprint density at radius 2 is 1.27 bits per heavy atom. The molecule has 0 amide bonds. The van der Waals surface area contributed by atoms with Gasteiger partial charge in [-0.3, -0.25) is 23.4 Å². The molecule has 0 aromatic carbocycles. The highest BCUT2D eigenvalue weighted by atomic mass is 31.2. The van der Waals surface area contributed by atoms with Crippen molar-refractivity contribution in [1.29, 1.82) is 0 Å². The summed E-state index contributed by atoms with van der Waals surface area (Å²) >= 11 is 0. The zero-order valence-corrected chi connectivity index (χ0v) is 28.8. The van der Waals surface area contributed by atoms with Crippen molar-refractivity contribution in [3.05, 3.63) is 0 Å². The van der Waals surface area contributed by atoms with Crippen LogP contribution in [0.15, 0.2) is 0 Å². The van der Waals surface area contributed by atoms with Crippen LogP contribution in [0.2, 0.25) is 0 Å².